The summed E-state index contributed by atoms with van der Waals surface area (Å²) in [6, 6.07) is 8.22. The van der Waals surface area contributed by atoms with Crippen LogP contribution in [0.4, 0.5) is 5.69 Å². The summed E-state index contributed by atoms with van der Waals surface area (Å²) in [7, 11) is 1.68. The summed E-state index contributed by atoms with van der Waals surface area (Å²) in [5.74, 6) is 0.392. The number of esters is 1. The molecule has 1 aromatic rings. The number of amides is 1. The van der Waals surface area contributed by atoms with Crippen molar-refractivity contribution in [2.24, 2.45) is 0 Å². The molecule has 0 unspecified atom stereocenters. The highest BCUT2D eigenvalue weighted by molar-refractivity contribution is 6.07. The highest BCUT2D eigenvalue weighted by Crippen LogP contribution is 2.41. The number of nitrogens with one attached hydrogen (secondary N) is 1. The zero-order valence-electron chi connectivity index (χ0n) is 20.8. The minimum absolute atomic E-state index is 0.141. The van der Waals surface area contributed by atoms with Gasteiger partial charge in [0.2, 0.25) is 0 Å². The Hall–Kier alpha value is -2.58. The zero-order chi connectivity index (χ0) is 24.1. The molecule has 2 saturated heterocycles. The van der Waals surface area contributed by atoms with Crippen molar-refractivity contribution in [2.45, 2.75) is 38.7 Å². The first-order valence-corrected chi connectivity index (χ1v) is 12.5. The molecule has 8 nitrogen and oxygen atoms in total. The maximum absolute atomic E-state index is 13.1. The Bertz CT molecular complexity index is 898. The summed E-state index contributed by atoms with van der Waals surface area (Å²) in [6.45, 7) is 12.0. The fraction of sp³-hybridized carbons (Fsp3) is 0.615. The number of benzene rings is 1. The number of nitrogens with zero attached hydrogens (tertiary/aromatic N) is 3. The Morgan fingerprint density at radius 1 is 1.06 bits per heavy atom. The van der Waals surface area contributed by atoms with Gasteiger partial charge in [0.05, 0.1) is 12.7 Å². The maximum Gasteiger partial charge on any atom is 0.335 e. The Kier molecular flexibility index (Phi) is 7.78. The summed E-state index contributed by atoms with van der Waals surface area (Å²) in [6.07, 6.45) is 2.25. The van der Waals surface area contributed by atoms with Crippen molar-refractivity contribution < 1.29 is 19.1 Å². The van der Waals surface area contributed by atoms with Gasteiger partial charge in [-0.05, 0) is 50.7 Å². The van der Waals surface area contributed by atoms with Crippen LogP contribution >= 0.6 is 0 Å². The molecule has 0 aromatic heterocycles. The number of likely N-dealkylation sites (tertiary alicyclic amines) is 1. The minimum Gasteiger partial charge on any atom is -0.497 e. The number of rotatable bonds is 8. The zero-order valence-corrected chi connectivity index (χ0v) is 20.8. The lowest BCUT2D eigenvalue weighted by atomic mass is 9.82. The SMILES string of the molecule is CCN1CCC2(CC1)OC(=O)C(C)=C2C(=O)NCCCN1CCN(c2ccc(OC)cc2)CC1. The van der Waals surface area contributed by atoms with Gasteiger partial charge in [0.1, 0.15) is 11.4 Å². The normalized spacial score (nSPS) is 21.1. The number of piperidine rings is 1. The molecule has 34 heavy (non-hydrogen) atoms. The van der Waals surface area contributed by atoms with Gasteiger partial charge in [-0.2, -0.15) is 0 Å². The molecule has 0 aliphatic carbocycles. The molecule has 0 radical (unpaired) electrons. The third-order valence-electron chi connectivity index (χ3n) is 7.51. The Morgan fingerprint density at radius 3 is 2.35 bits per heavy atom. The molecular weight excluding hydrogens is 432 g/mol. The molecule has 0 bridgehead atoms. The van der Waals surface area contributed by atoms with Crippen molar-refractivity contribution in [1.82, 2.24) is 15.1 Å². The van der Waals surface area contributed by atoms with Crippen LogP contribution in [0.5, 0.6) is 5.75 Å². The summed E-state index contributed by atoms with van der Waals surface area (Å²) < 4.78 is 11.0. The number of hydrogen-bond acceptors (Lipinski definition) is 7. The van der Waals surface area contributed by atoms with E-state index in [-0.39, 0.29) is 11.9 Å². The van der Waals surface area contributed by atoms with Gasteiger partial charge in [0, 0.05) is 69.9 Å². The fourth-order valence-electron chi connectivity index (χ4n) is 5.32. The Balaban J connectivity index is 1.21. The van der Waals surface area contributed by atoms with Crippen molar-refractivity contribution in [3.8, 4) is 5.75 Å². The van der Waals surface area contributed by atoms with Gasteiger partial charge in [-0.3, -0.25) is 9.69 Å². The topological polar surface area (TPSA) is 74.4 Å². The minimum atomic E-state index is -0.741. The number of hydrogen-bond donors (Lipinski definition) is 1. The van der Waals surface area contributed by atoms with Gasteiger partial charge < -0.3 is 24.6 Å². The van der Waals surface area contributed by atoms with Gasteiger partial charge >= 0.3 is 5.97 Å². The summed E-state index contributed by atoms with van der Waals surface area (Å²) in [4.78, 5) is 32.6. The lowest BCUT2D eigenvalue weighted by Crippen LogP contribution is -2.49. The van der Waals surface area contributed by atoms with E-state index in [4.69, 9.17) is 9.47 Å². The van der Waals surface area contributed by atoms with Crippen LogP contribution in [0.2, 0.25) is 0 Å². The second-order valence-electron chi connectivity index (χ2n) is 9.45. The molecule has 1 aromatic carbocycles. The molecule has 4 rings (SSSR count). The molecule has 8 heteroatoms. The number of methoxy groups -OCH3 is 1. The van der Waals surface area contributed by atoms with E-state index >= 15 is 0 Å². The maximum atomic E-state index is 13.1. The molecule has 3 aliphatic heterocycles. The van der Waals surface area contributed by atoms with Gasteiger partial charge in [0.15, 0.2) is 0 Å². The van der Waals surface area contributed by atoms with Crippen LogP contribution in [0.3, 0.4) is 0 Å². The number of carbonyl (C=O) groups is 2. The monoisotopic (exact) mass is 470 g/mol. The predicted molar refractivity (Wildman–Crippen MR) is 132 cm³/mol. The third kappa shape index (κ3) is 5.23. The Morgan fingerprint density at radius 2 is 1.74 bits per heavy atom. The van der Waals surface area contributed by atoms with Crippen LogP contribution < -0.4 is 15.0 Å². The van der Waals surface area contributed by atoms with Gasteiger partial charge in [-0.25, -0.2) is 4.79 Å². The van der Waals surface area contributed by atoms with Crippen LogP contribution in [-0.2, 0) is 14.3 Å². The van der Waals surface area contributed by atoms with E-state index in [2.05, 4.69) is 39.1 Å². The van der Waals surface area contributed by atoms with Gasteiger partial charge in [-0.1, -0.05) is 6.92 Å². The average Bonchev–Trinajstić information content (AvgIpc) is 3.11. The highest BCUT2D eigenvalue weighted by atomic mass is 16.6. The predicted octanol–water partition coefficient (Wildman–Crippen LogP) is 2.05. The summed E-state index contributed by atoms with van der Waals surface area (Å²) >= 11 is 0. The first-order valence-electron chi connectivity index (χ1n) is 12.5. The van der Waals surface area contributed by atoms with E-state index in [0.29, 0.717) is 30.5 Å². The number of anilines is 1. The van der Waals surface area contributed by atoms with Crippen molar-refractivity contribution in [1.29, 1.82) is 0 Å². The summed E-state index contributed by atoms with van der Waals surface area (Å²) in [5, 5.41) is 3.07. The van der Waals surface area contributed by atoms with Crippen molar-refractivity contribution in [3.05, 3.63) is 35.4 Å². The third-order valence-corrected chi connectivity index (χ3v) is 7.51. The number of carbonyl (C=O) groups excluding carboxylic acids is 2. The van der Waals surface area contributed by atoms with Crippen molar-refractivity contribution >= 4 is 17.6 Å². The average molecular weight is 471 g/mol. The number of piperazine rings is 1. The molecule has 3 heterocycles. The van der Waals surface area contributed by atoms with Gasteiger partial charge in [0.25, 0.3) is 5.91 Å². The summed E-state index contributed by atoms with van der Waals surface area (Å²) in [5.41, 5.74) is 1.51. The molecule has 3 aliphatic rings. The molecule has 0 saturated carbocycles. The number of ether oxygens (including phenoxy) is 2. The highest BCUT2D eigenvalue weighted by Gasteiger charge is 2.50. The molecule has 1 amide bonds. The largest absolute Gasteiger partial charge is 0.497 e. The van der Waals surface area contributed by atoms with Crippen molar-refractivity contribution in [2.75, 3.05) is 70.9 Å². The van der Waals surface area contributed by atoms with E-state index in [9.17, 15) is 9.59 Å². The first kappa shape index (κ1) is 24.5. The quantitative estimate of drug-likeness (QED) is 0.460. The molecular formula is C26H38N4O4. The molecule has 186 valence electrons. The van der Waals surface area contributed by atoms with E-state index in [0.717, 1.165) is 64.5 Å². The van der Waals surface area contributed by atoms with E-state index < -0.39 is 5.60 Å². The Labute approximate surface area is 202 Å². The van der Waals surface area contributed by atoms with Crippen LogP contribution in [0, 0.1) is 0 Å². The first-order chi connectivity index (χ1) is 16.5. The van der Waals surface area contributed by atoms with Crippen LogP contribution in [0.25, 0.3) is 0 Å². The van der Waals surface area contributed by atoms with Crippen LogP contribution in [0.15, 0.2) is 35.4 Å². The smallest absolute Gasteiger partial charge is 0.335 e. The lowest BCUT2D eigenvalue weighted by molar-refractivity contribution is -0.150. The molecule has 1 N–H and O–H groups in total. The second-order valence-corrected chi connectivity index (χ2v) is 9.45. The fourth-order valence-corrected chi connectivity index (χ4v) is 5.32. The van der Waals surface area contributed by atoms with Crippen molar-refractivity contribution in [3.63, 3.8) is 0 Å². The second kappa shape index (κ2) is 10.8. The van der Waals surface area contributed by atoms with E-state index in [1.165, 1.54) is 5.69 Å². The molecule has 1 spiro atoms. The van der Waals surface area contributed by atoms with E-state index in [1.807, 2.05) is 12.1 Å². The molecule has 0 atom stereocenters. The van der Waals surface area contributed by atoms with E-state index in [1.54, 1.807) is 14.0 Å². The standard InChI is InChI=1S/C26H38N4O4/c1-4-28-14-10-26(11-15-28)23(20(2)25(32)34-26)24(31)27-12-5-13-29-16-18-30(19-17-29)21-6-8-22(33-3)9-7-21/h6-9H,4-5,10-19H2,1-3H3,(H,27,31). The molecule has 2 fully saturated rings. The van der Waals surface area contributed by atoms with Gasteiger partial charge in [-0.15, -0.1) is 0 Å². The van der Waals surface area contributed by atoms with Crippen LogP contribution in [-0.4, -0.2) is 93.3 Å². The lowest BCUT2D eigenvalue weighted by Gasteiger charge is -2.39. The van der Waals surface area contributed by atoms with Crippen LogP contribution in [0.1, 0.15) is 33.1 Å².